The molecule has 0 unspecified atom stereocenters. The maximum atomic E-state index is 12.3. The van der Waals surface area contributed by atoms with E-state index in [0.717, 1.165) is 24.0 Å². The summed E-state index contributed by atoms with van der Waals surface area (Å²) in [7, 11) is 0. The van der Waals surface area contributed by atoms with Crippen LogP contribution in [-0.2, 0) is 6.42 Å². The van der Waals surface area contributed by atoms with Gasteiger partial charge in [0.1, 0.15) is 0 Å². The zero-order chi connectivity index (χ0) is 16.4. The lowest BCUT2D eigenvalue weighted by atomic mass is 10.1. The molecule has 0 aromatic heterocycles. The highest BCUT2D eigenvalue weighted by Gasteiger charge is 2.17. The molecule has 118 valence electrons. The molecule has 0 atom stereocenters. The van der Waals surface area contributed by atoms with Gasteiger partial charge in [-0.1, -0.05) is 12.1 Å². The highest BCUT2D eigenvalue weighted by atomic mass is 16.3. The van der Waals surface area contributed by atoms with Crippen LogP contribution in [0.15, 0.2) is 53.8 Å². The Bertz CT molecular complexity index is 791. The van der Waals surface area contributed by atoms with Gasteiger partial charge in [0.25, 0.3) is 5.91 Å². The number of aliphatic hydroxyl groups excluding tert-OH is 1. The van der Waals surface area contributed by atoms with E-state index in [2.05, 4.69) is 5.32 Å². The van der Waals surface area contributed by atoms with Crippen LogP contribution >= 0.6 is 0 Å². The van der Waals surface area contributed by atoms with E-state index in [0.29, 0.717) is 34.8 Å². The van der Waals surface area contributed by atoms with Crippen LogP contribution in [-0.4, -0.2) is 11.0 Å². The lowest BCUT2D eigenvalue weighted by molar-refractivity contribution is 0.102. The van der Waals surface area contributed by atoms with E-state index in [1.807, 2.05) is 24.3 Å². The molecule has 0 radical (unpaired) electrons. The van der Waals surface area contributed by atoms with E-state index in [9.17, 15) is 9.90 Å². The molecular weight excluding hydrogens is 290 g/mol. The number of benzene rings is 2. The smallest absolute Gasteiger partial charge is 0.255 e. The van der Waals surface area contributed by atoms with Crippen LogP contribution in [0.4, 0.5) is 17.1 Å². The Morgan fingerprint density at radius 2 is 1.87 bits per heavy atom. The van der Waals surface area contributed by atoms with Gasteiger partial charge in [-0.15, -0.1) is 0 Å². The van der Waals surface area contributed by atoms with Crippen LogP contribution in [0.25, 0.3) is 0 Å². The summed E-state index contributed by atoms with van der Waals surface area (Å²) in [6, 6.07) is 12.2. The molecule has 1 aliphatic rings. The number of anilines is 3. The molecule has 0 aliphatic heterocycles. The van der Waals surface area contributed by atoms with Crippen molar-refractivity contribution >= 4 is 23.0 Å². The minimum atomic E-state index is -0.251. The van der Waals surface area contributed by atoms with Gasteiger partial charge >= 0.3 is 0 Å². The van der Waals surface area contributed by atoms with Crippen molar-refractivity contribution in [3.63, 3.8) is 0 Å². The van der Waals surface area contributed by atoms with Crippen LogP contribution in [0.2, 0.25) is 0 Å². The zero-order valence-electron chi connectivity index (χ0n) is 12.7. The van der Waals surface area contributed by atoms with Crippen molar-refractivity contribution in [2.24, 2.45) is 0 Å². The van der Waals surface area contributed by atoms with E-state index >= 15 is 0 Å². The molecule has 1 aliphatic carbocycles. The lowest BCUT2D eigenvalue weighted by Gasteiger charge is -2.09. The molecule has 0 saturated heterocycles. The molecule has 1 fully saturated rings. The molecule has 6 N–H and O–H groups in total. The first kappa shape index (κ1) is 15.0. The van der Waals surface area contributed by atoms with Gasteiger partial charge in [-0.3, -0.25) is 4.79 Å². The second-order valence-electron chi connectivity index (χ2n) is 5.73. The van der Waals surface area contributed by atoms with Crippen LogP contribution in [0.1, 0.15) is 28.8 Å². The summed E-state index contributed by atoms with van der Waals surface area (Å²) in [6.07, 6.45) is 2.47. The van der Waals surface area contributed by atoms with Crippen LogP contribution in [0.5, 0.6) is 0 Å². The fourth-order valence-electron chi connectivity index (χ4n) is 2.35. The van der Waals surface area contributed by atoms with E-state index < -0.39 is 0 Å². The van der Waals surface area contributed by atoms with Crippen LogP contribution in [0.3, 0.4) is 0 Å². The number of nitrogens with one attached hydrogen (secondary N) is 1. The molecule has 3 rings (SSSR count). The summed E-state index contributed by atoms with van der Waals surface area (Å²) in [6.45, 7) is 0. The van der Waals surface area contributed by atoms with E-state index in [1.54, 1.807) is 18.2 Å². The Labute approximate surface area is 134 Å². The largest absolute Gasteiger partial charge is 0.512 e. The number of hydrogen-bond acceptors (Lipinski definition) is 4. The topological polar surface area (TPSA) is 101 Å². The summed E-state index contributed by atoms with van der Waals surface area (Å²) in [4.78, 5) is 12.3. The Hall–Kier alpha value is -2.95. The number of allylic oxidation sites excluding steroid dienone is 2. The predicted molar refractivity (Wildman–Crippen MR) is 92.3 cm³/mol. The first-order valence-electron chi connectivity index (χ1n) is 7.48. The van der Waals surface area contributed by atoms with Gasteiger partial charge in [0, 0.05) is 17.7 Å². The van der Waals surface area contributed by atoms with Crippen molar-refractivity contribution in [2.75, 3.05) is 16.8 Å². The van der Waals surface area contributed by atoms with Gasteiger partial charge in [-0.2, -0.15) is 0 Å². The third-order valence-electron chi connectivity index (χ3n) is 3.81. The SMILES string of the molecule is Nc1ccc(C(=O)Nc2cccc(CC(O)=C3CC3)c2)cc1N. The van der Waals surface area contributed by atoms with E-state index in [1.165, 1.54) is 0 Å². The molecule has 0 heterocycles. The first-order chi connectivity index (χ1) is 11.0. The third-order valence-corrected chi connectivity index (χ3v) is 3.81. The summed E-state index contributed by atoms with van der Waals surface area (Å²) in [5.74, 6) is 0.193. The zero-order valence-corrected chi connectivity index (χ0v) is 12.7. The molecule has 5 nitrogen and oxygen atoms in total. The number of carbonyl (C=O) groups excluding carboxylic acids is 1. The van der Waals surface area contributed by atoms with E-state index in [4.69, 9.17) is 11.5 Å². The number of nitrogens with two attached hydrogens (primary N) is 2. The Morgan fingerprint density at radius 1 is 1.09 bits per heavy atom. The fourth-order valence-corrected chi connectivity index (χ4v) is 2.35. The van der Waals surface area contributed by atoms with Crippen LogP contribution in [0, 0.1) is 0 Å². The molecule has 2 aromatic rings. The first-order valence-corrected chi connectivity index (χ1v) is 7.48. The van der Waals surface area contributed by atoms with Gasteiger partial charge in [-0.25, -0.2) is 0 Å². The molecule has 0 bridgehead atoms. The maximum absolute atomic E-state index is 12.3. The molecule has 1 amide bonds. The number of nitrogen functional groups attached to an aromatic ring is 2. The molecule has 1 saturated carbocycles. The van der Waals surface area contributed by atoms with Crippen molar-refractivity contribution in [3.8, 4) is 0 Å². The quantitative estimate of drug-likeness (QED) is 0.514. The molecule has 23 heavy (non-hydrogen) atoms. The second kappa shape index (κ2) is 6.04. The Balaban J connectivity index is 1.73. The molecule has 2 aromatic carbocycles. The normalized spacial score (nSPS) is 12.8. The number of hydrogen-bond donors (Lipinski definition) is 4. The highest BCUT2D eigenvalue weighted by molar-refractivity contribution is 6.05. The third kappa shape index (κ3) is 3.63. The highest BCUT2D eigenvalue weighted by Crippen LogP contribution is 2.32. The fraction of sp³-hybridized carbons (Fsp3) is 0.167. The Kier molecular flexibility index (Phi) is 3.93. The maximum Gasteiger partial charge on any atom is 0.255 e. The predicted octanol–water partition coefficient (Wildman–Crippen LogP) is 3.25. The summed E-state index contributed by atoms with van der Waals surface area (Å²) in [5, 5.41) is 12.7. The van der Waals surface area contributed by atoms with Gasteiger partial charge in [0.05, 0.1) is 17.1 Å². The van der Waals surface area contributed by atoms with E-state index in [-0.39, 0.29) is 5.91 Å². The summed E-state index contributed by atoms with van der Waals surface area (Å²) < 4.78 is 0. The van der Waals surface area contributed by atoms with Crippen molar-refractivity contribution in [1.82, 2.24) is 0 Å². The number of amides is 1. The standard InChI is InChI=1S/C18H19N3O2/c19-15-7-6-13(10-16(15)20)18(23)21-14-3-1-2-11(8-14)9-17(22)12-4-5-12/h1-3,6-8,10,22H,4-5,9,19-20H2,(H,21,23). The molecule has 5 heteroatoms. The monoisotopic (exact) mass is 309 g/mol. The second-order valence-corrected chi connectivity index (χ2v) is 5.73. The average Bonchev–Trinajstić information content (AvgIpc) is 3.35. The van der Waals surface area contributed by atoms with Gasteiger partial charge < -0.3 is 21.9 Å². The number of carbonyl (C=O) groups is 1. The minimum Gasteiger partial charge on any atom is -0.512 e. The summed E-state index contributed by atoms with van der Waals surface area (Å²) in [5.41, 5.74) is 15.4. The molecule has 0 spiro atoms. The lowest BCUT2D eigenvalue weighted by Crippen LogP contribution is -2.12. The molecular formula is C18H19N3O2. The van der Waals surface area contributed by atoms with Crippen molar-refractivity contribution < 1.29 is 9.90 Å². The van der Waals surface area contributed by atoms with Gasteiger partial charge in [0.15, 0.2) is 0 Å². The van der Waals surface area contributed by atoms with Crippen molar-refractivity contribution in [2.45, 2.75) is 19.3 Å². The number of aliphatic hydroxyl groups is 1. The van der Waals surface area contributed by atoms with Gasteiger partial charge in [-0.05, 0) is 54.3 Å². The van der Waals surface area contributed by atoms with Gasteiger partial charge in [0.2, 0.25) is 0 Å². The minimum absolute atomic E-state index is 0.251. The number of rotatable bonds is 4. The average molecular weight is 309 g/mol. The van der Waals surface area contributed by atoms with Crippen molar-refractivity contribution in [1.29, 1.82) is 0 Å². The van der Waals surface area contributed by atoms with Crippen molar-refractivity contribution in [3.05, 3.63) is 64.9 Å². The summed E-state index contributed by atoms with van der Waals surface area (Å²) >= 11 is 0. The Morgan fingerprint density at radius 3 is 2.57 bits per heavy atom. The van der Waals surface area contributed by atoms with Crippen LogP contribution < -0.4 is 16.8 Å².